The minimum Gasteiger partial charge on any atom is -0.338 e. The lowest BCUT2D eigenvalue weighted by Crippen LogP contribution is -2.47. The van der Waals surface area contributed by atoms with E-state index in [2.05, 4.69) is 12.1 Å². The van der Waals surface area contributed by atoms with Gasteiger partial charge in [0, 0.05) is 29.1 Å². The van der Waals surface area contributed by atoms with Crippen molar-refractivity contribution in [2.45, 2.75) is 36.1 Å². The Labute approximate surface area is 123 Å². The second-order valence-corrected chi connectivity index (χ2v) is 6.65. The number of carbonyl (C=O) groups excluding carboxylic acids is 1. The minimum absolute atomic E-state index is 0.0324. The summed E-state index contributed by atoms with van der Waals surface area (Å²) in [6.45, 7) is 0.689. The standard InChI is InChI=1S/C15H18ClNOS/c16-8-9-17(11-4-3-5-11)15(18)13-10-19-14-7-2-1-6-12(13)14/h1-2,6-7,11,13H,3-5,8-10H2. The van der Waals surface area contributed by atoms with Gasteiger partial charge in [-0.25, -0.2) is 0 Å². The molecule has 1 fully saturated rings. The number of nitrogens with zero attached hydrogens (tertiary/aromatic N) is 1. The quantitative estimate of drug-likeness (QED) is 0.793. The summed E-state index contributed by atoms with van der Waals surface area (Å²) in [5.74, 6) is 1.72. The number of fused-ring (bicyclic) bond motifs is 1. The second kappa shape index (κ2) is 5.76. The topological polar surface area (TPSA) is 20.3 Å². The van der Waals surface area contributed by atoms with Gasteiger partial charge in [-0.05, 0) is 30.9 Å². The highest BCUT2D eigenvalue weighted by Crippen LogP contribution is 2.41. The van der Waals surface area contributed by atoms with E-state index in [1.807, 2.05) is 17.0 Å². The van der Waals surface area contributed by atoms with Crippen LogP contribution in [0, 0.1) is 0 Å². The van der Waals surface area contributed by atoms with Gasteiger partial charge < -0.3 is 4.90 Å². The van der Waals surface area contributed by atoms with Gasteiger partial charge in [-0.3, -0.25) is 4.79 Å². The summed E-state index contributed by atoms with van der Waals surface area (Å²) in [5, 5.41) is 0. The average Bonchev–Trinajstić information content (AvgIpc) is 2.79. The van der Waals surface area contributed by atoms with Crippen molar-refractivity contribution in [2.75, 3.05) is 18.2 Å². The van der Waals surface area contributed by atoms with Gasteiger partial charge >= 0.3 is 0 Å². The molecule has 3 rings (SSSR count). The molecule has 102 valence electrons. The normalized spacial score (nSPS) is 21.8. The Bertz CT molecular complexity index is 475. The lowest BCUT2D eigenvalue weighted by molar-refractivity contribution is -0.136. The number of hydrogen-bond donors (Lipinski definition) is 0. The van der Waals surface area contributed by atoms with E-state index in [4.69, 9.17) is 11.6 Å². The summed E-state index contributed by atoms with van der Waals surface area (Å²) in [5.41, 5.74) is 1.20. The first-order chi connectivity index (χ1) is 9.31. The highest BCUT2D eigenvalue weighted by Gasteiger charge is 2.36. The number of alkyl halides is 1. The van der Waals surface area contributed by atoms with E-state index in [0.29, 0.717) is 18.5 Å². The van der Waals surface area contributed by atoms with Crippen LogP contribution in [0.1, 0.15) is 30.7 Å². The molecule has 19 heavy (non-hydrogen) atoms. The van der Waals surface area contributed by atoms with Crippen molar-refractivity contribution in [3.05, 3.63) is 29.8 Å². The summed E-state index contributed by atoms with van der Waals surface area (Å²) >= 11 is 7.67. The van der Waals surface area contributed by atoms with Crippen molar-refractivity contribution >= 4 is 29.3 Å². The molecule has 1 aromatic carbocycles. The fourth-order valence-corrected chi connectivity index (χ4v) is 4.23. The molecule has 1 aliphatic carbocycles. The third-order valence-electron chi connectivity index (χ3n) is 4.12. The molecule has 2 nitrogen and oxygen atoms in total. The molecule has 1 unspecified atom stereocenters. The number of thioether (sulfide) groups is 1. The van der Waals surface area contributed by atoms with Crippen molar-refractivity contribution in [3.63, 3.8) is 0 Å². The third-order valence-corrected chi connectivity index (χ3v) is 5.47. The zero-order valence-corrected chi connectivity index (χ0v) is 12.4. The summed E-state index contributed by atoms with van der Waals surface area (Å²) in [6.07, 6.45) is 3.53. The lowest BCUT2D eigenvalue weighted by Gasteiger charge is -2.38. The van der Waals surface area contributed by atoms with Crippen LogP contribution in [0.3, 0.4) is 0 Å². The van der Waals surface area contributed by atoms with Gasteiger partial charge in [-0.1, -0.05) is 18.2 Å². The van der Waals surface area contributed by atoms with E-state index in [9.17, 15) is 4.79 Å². The van der Waals surface area contributed by atoms with Gasteiger partial charge in [-0.2, -0.15) is 0 Å². The predicted octanol–water partition coefficient (Wildman–Crippen LogP) is 3.50. The van der Waals surface area contributed by atoms with E-state index < -0.39 is 0 Å². The van der Waals surface area contributed by atoms with Crippen LogP contribution in [0.4, 0.5) is 0 Å². The zero-order valence-electron chi connectivity index (χ0n) is 10.8. The summed E-state index contributed by atoms with van der Waals surface area (Å²) in [4.78, 5) is 16.1. The van der Waals surface area contributed by atoms with E-state index in [1.54, 1.807) is 11.8 Å². The molecule has 2 aliphatic rings. The highest BCUT2D eigenvalue weighted by atomic mass is 35.5. The van der Waals surface area contributed by atoms with Crippen LogP contribution in [-0.4, -0.2) is 35.0 Å². The number of halogens is 1. The maximum Gasteiger partial charge on any atom is 0.231 e. The Hall–Kier alpha value is -0.670. The van der Waals surface area contributed by atoms with Crippen LogP contribution in [0.25, 0.3) is 0 Å². The Kier molecular flexibility index (Phi) is 4.04. The SMILES string of the molecule is O=C(C1CSc2ccccc21)N(CCCl)C1CCC1. The zero-order chi connectivity index (χ0) is 13.2. The summed E-state index contributed by atoms with van der Waals surface area (Å²) in [6, 6.07) is 8.71. The van der Waals surface area contributed by atoms with Crippen molar-refractivity contribution in [1.82, 2.24) is 4.90 Å². The molecule has 0 N–H and O–H groups in total. The molecule has 0 radical (unpaired) electrons. The Balaban J connectivity index is 1.79. The third kappa shape index (κ3) is 2.50. The largest absolute Gasteiger partial charge is 0.338 e. The molecule has 1 aliphatic heterocycles. The molecular weight excluding hydrogens is 278 g/mol. The molecule has 1 aromatic rings. The van der Waals surface area contributed by atoms with E-state index in [-0.39, 0.29) is 11.8 Å². The Morgan fingerprint density at radius 3 is 2.84 bits per heavy atom. The van der Waals surface area contributed by atoms with E-state index in [1.165, 1.54) is 16.9 Å². The lowest BCUT2D eigenvalue weighted by atomic mass is 9.89. The number of hydrogen-bond acceptors (Lipinski definition) is 2. The van der Waals surface area contributed by atoms with Crippen LogP contribution in [-0.2, 0) is 4.79 Å². The molecule has 1 heterocycles. The van der Waals surface area contributed by atoms with Crippen LogP contribution in [0.2, 0.25) is 0 Å². The van der Waals surface area contributed by atoms with Gasteiger partial charge in [0.25, 0.3) is 0 Å². The smallest absolute Gasteiger partial charge is 0.231 e. The molecular formula is C15H18ClNOS. The van der Waals surface area contributed by atoms with E-state index in [0.717, 1.165) is 18.6 Å². The molecule has 0 bridgehead atoms. The first kappa shape index (κ1) is 13.3. The Morgan fingerprint density at radius 2 is 2.16 bits per heavy atom. The first-order valence-electron chi connectivity index (χ1n) is 6.89. The molecule has 1 saturated carbocycles. The monoisotopic (exact) mass is 295 g/mol. The molecule has 0 saturated heterocycles. The number of rotatable bonds is 4. The van der Waals surface area contributed by atoms with Gasteiger partial charge in [-0.15, -0.1) is 23.4 Å². The van der Waals surface area contributed by atoms with Gasteiger partial charge in [0.2, 0.25) is 5.91 Å². The van der Waals surface area contributed by atoms with Crippen LogP contribution in [0.5, 0.6) is 0 Å². The predicted molar refractivity (Wildman–Crippen MR) is 80.0 cm³/mol. The first-order valence-corrected chi connectivity index (χ1v) is 8.41. The molecule has 1 atom stereocenters. The average molecular weight is 296 g/mol. The maximum absolute atomic E-state index is 12.8. The molecule has 4 heteroatoms. The molecule has 1 amide bonds. The highest BCUT2D eigenvalue weighted by molar-refractivity contribution is 7.99. The summed E-state index contributed by atoms with van der Waals surface area (Å²) < 4.78 is 0. The summed E-state index contributed by atoms with van der Waals surface area (Å²) in [7, 11) is 0. The van der Waals surface area contributed by atoms with Crippen molar-refractivity contribution in [2.24, 2.45) is 0 Å². The van der Waals surface area contributed by atoms with Gasteiger partial charge in [0.15, 0.2) is 0 Å². The van der Waals surface area contributed by atoms with Crippen LogP contribution < -0.4 is 0 Å². The number of amides is 1. The van der Waals surface area contributed by atoms with Crippen molar-refractivity contribution in [3.8, 4) is 0 Å². The fourth-order valence-electron chi connectivity index (χ4n) is 2.83. The van der Waals surface area contributed by atoms with Crippen LogP contribution >= 0.6 is 23.4 Å². The second-order valence-electron chi connectivity index (χ2n) is 5.21. The van der Waals surface area contributed by atoms with Crippen LogP contribution in [0.15, 0.2) is 29.2 Å². The van der Waals surface area contributed by atoms with Gasteiger partial charge in [0.1, 0.15) is 0 Å². The number of carbonyl (C=O) groups is 1. The number of benzene rings is 1. The van der Waals surface area contributed by atoms with E-state index >= 15 is 0 Å². The van der Waals surface area contributed by atoms with Gasteiger partial charge in [0.05, 0.1) is 5.92 Å². The maximum atomic E-state index is 12.8. The van der Waals surface area contributed by atoms with Crippen molar-refractivity contribution in [1.29, 1.82) is 0 Å². The minimum atomic E-state index is 0.0324. The van der Waals surface area contributed by atoms with Crippen molar-refractivity contribution < 1.29 is 4.79 Å². The fraction of sp³-hybridized carbons (Fsp3) is 0.533. The molecule has 0 aromatic heterocycles. The Morgan fingerprint density at radius 1 is 1.37 bits per heavy atom. The molecule has 0 spiro atoms.